The number of aryl methyl sites for hydroxylation is 1. The van der Waals surface area contributed by atoms with Crippen LogP contribution in [0.1, 0.15) is 73.7 Å². The lowest BCUT2D eigenvalue weighted by molar-refractivity contribution is -0.121. The molecule has 0 unspecified atom stereocenters. The fourth-order valence-corrected chi connectivity index (χ4v) is 4.57. The Morgan fingerprint density at radius 2 is 1.74 bits per heavy atom. The largest absolute Gasteiger partial charge is 0.339 e. The van der Waals surface area contributed by atoms with Gasteiger partial charge in [-0.15, -0.1) is 10.2 Å². The second-order valence-electron chi connectivity index (χ2n) is 8.08. The van der Waals surface area contributed by atoms with Crippen molar-refractivity contribution in [2.75, 3.05) is 18.4 Å². The Hall–Kier alpha value is -2.35. The summed E-state index contributed by atoms with van der Waals surface area (Å²) in [5.74, 6) is -0.694. The van der Waals surface area contributed by atoms with Gasteiger partial charge in [-0.05, 0) is 43.5 Å². The topological polar surface area (TPSA) is 75.2 Å². The Labute approximate surface area is 187 Å². The van der Waals surface area contributed by atoms with Crippen LogP contribution in [0.15, 0.2) is 24.3 Å². The van der Waals surface area contributed by atoms with Gasteiger partial charge >= 0.3 is 0 Å². The number of nitrogens with one attached hydrogen (secondary N) is 1. The molecule has 1 aliphatic rings. The lowest BCUT2D eigenvalue weighted by Crippen LogP contribution is -2.41. The number of hydrogen-bond acceptors (Lipinski definition) is 5. The van der Waals surface area contributed by atoms with E-state index in [2.05, 4.69) is 22.4 Å². The van der Waals surface area contributed by atoms with Crippen LogP contribution in [0.2, 0.25) is 0 Å². The van der Waals surface area contributed by atoms with Crippen LogP contribution in [0.3, 0.4) is 0 Å². The molecule has 1 aromatic heterocycles. The molecular formula is C23H31FN4O2S. The quantitative estimate of drug-likeness (QED) is 0.517. The fraction of sp³-hybridized carbons (Fsp3) is 0.565. The predicted octanol–water partition coefficient (Wildman–Crippen LogP) is 5.07. The highest BCUT2D eigenvalue weighted by atomic mass is 32.1. The molecule has 0 bridgehead atoms. The molecule has 6 nitrogen and oxygen atoms in total. The van der Waals surface area contributed by atoms with Gasteiger partial charge in [0.15, 0.2) is 0 Å². The van der Waals surface area contributed by atoms with Gasteiger partial charge in [-0.1, -0.05) is 50.4 Å². The first-order valence-corrected chi connectivity index (χ1v) is 12.1. The maximum atomic E-state index is 13.1. The lowest BCUT2D eigenvalue weighted by Gasteiger charge is -2.31. The van der Waals surface area contributed by atoms with Crippen molar-refractivity contribution in [2.24, 2.45) is 5.92 Å². The number of carbonyl (C=O) groups is 2. The van der Waals surface area contributed by atoms with Crippen molar-refractivity contribution in [2.45, 2.75) is 64.7 Å². The molecule has 1 fully saturated rings. The number of aromatic nitrogens is 2. The Morgan fingerprint density at radius 1 is 1.06 bits per heavy atom. The molecular weight excluding hydrogens is 415 g/mol. The molecule has 31 heavy (non-hydrogen) atoms. The van der Waals surface area contributed by atoms with Crippen LogP contribution in [0.5, 0.6) is 0 Å². The van der Waals surface area contributed by atoms with Crippen LogP contribution in [0.25, 0.3) is 0 Å². The Bertz CT molecular complexity index is 848. The molecule has 2 aromatic rings. The van der Waals surface area contributed by atoms with Crippen LogP contribution in [-0.4, -0.2) is 40.0 Å². The van der Waals surface area contributed by atoms with Crippen LogP contribution in [0, 0.1) is 11.7 Å². The Balaban J connectivity index is 1.39. The van der Waals surface area contributed by atoms with Crippen molar-refractivity contribution in [3.05, 3.63) is 40.7 Å². The van der Waals surface area contributed by atoms with E-state index in [1.807, 2.05) is 0 Å². The first-order chi connectivity index (χ1) is 15.1. The number of piperidine rings is 1. The van der Waals surface area contributed by atoms with E-state index in [-0.39, 0.29) is 23.5 Å². The molecule has 2 heterocycles. The second-order valence-corrected chi connectivity index (χ2v) is 9.14. The number of likely N-dealkylation sites (tertiary alicyclic amines) is 1. The number of nitrogens with zero attached hydrogens (tertiary/aromatic N) is 3. The van der Waals surface area contributed by atoms with Gasteiger partial charge in [0, 0.05) is 31.0 Å². The third kappa shape index (κ3) is 7.09. The molecule has 168 valence electrons. The maximum absolute atomic E-state index is 13.1. The zero-order valence-corrected chi connectivity index (χ0v) is 18.9. The van der Waals surface area contributed by atoms with Crippen molar-refractivity contribution in [1.82, 2.24) is 15.1 Å². The molecule has 0 atom stereocenters. The van der Waals surface area contributed by atoms with Crippen molar-refractivity contribution >= 4 is 28.3 Å². The normalized spacial score (nSPS) is 14.6. The van der Waals surface area contributed by atoms with Crippen LogP contribution in [-0.2, 0) is 11.2 Å². The van der Waals surface area contributed by atoms with Gasteiger partial charge in [0.05, 0.1) is 0 Å². The summed E-state index contributed by atoms with van der Waals surface area (Å²) in [6, 6.07) is 5.57. The Kier molecular flexibility index (Phi) is 8.94. The van der Waals surface area contributed by atoms with Crippen LogP contribution < -0.4 is 5.32 Å². The highest BCUT2D eigenvalue weighted by molar-refractivity contribution is 7.15. The average molecular weight is 447 g/mol. The standard InChI is InChI=1S/C23H31FN4O2S/c1-2-3-4-5-6-7-8-20-26-27-23(31-20)25-21(29)17-13-15-28(16-14-17)22(30)18-9-11-19(24)12-10-18/h9-12,17H,2-8,13-16H2,1H3,(H,25,27,29). The smallest absolute Gasteiger partial charge is 0.253 e. The zero-order chi connectivity index (χ0) is 22.1. The lowest BCUT2D eigenvalue weighted by atomic mass is 9.95. The number of amides is 2. The number of rotatable bonds is 10. The highest BCUT2D eigenvalue weighted by Gasteiger charge is 2.28. The molecule has 0 radical (unpaired) electrons. The fourth-order valence-electron chi connectivity index (χ4n) is 3.79. The molecule has 3 rings (SSSR count). The minimum absolute atomic E-state index is 0.0591. The summed E-state index contributed by atoms with van der Waals surface area (Å²) in [4.78, 5) is 26.9. The van der Waals surface area contributed by atoms with E-state index in [1.54, 1.807) is 4.90 Å². The molecule has 0 aliphatic carbocycles. The van der Waals surface area contributed by atoms with Crippen molar-refractivity contribution < 1.29 is 14.0 Å². The first-order valence-electron chi connectivity index (χ1n) is 11.2. The molecule has 1 N–H and O–H groups in total. The summed E-state index contributed by atoms with van der Waals surface area (Å²) >= 11 is 1.45. The molecule has 1 aliphatic heterocycles. The van der Waals surface area contributed by atoms with E-state index in [0.29, 0.717) is 36.6 Å². The number of carbonyl (C=O) groups excluding carboxylic acids is 2. The van der Waals surface area contributed by atoms with E-state index in [4.69, 9.17) is 0 Å². The average Bonchev–Trinajstić information content (AvgIpc) is 3.23. The van der Waals surface area contributed by atoms with E-state index >= 15 is 0 Å². The van der Waals surface area contributed by atoms with Crippen molar-refractivity contribution in [3.63, 3.8) is 0 Å². The number of benzene rings is 1. The zero-order valence-electron chi connectivity index (χ0n) is 18.1. The summed E-state index contributed by atoms with van der Waals surface area (Å²) in [6.45, 7) is 3.23. The molecule has 1 aromatic carbocycles. The first kappa shape index (κ1) is 23.3. The molecule has 0 saturated carbocycles. The van der Waals surface area contributed by atoms with Gasteiger partial charge < -0.3 is 10.2 Å². The van der Waals surface area contributed by atoms with E-state index < -0.39 is 0 Å². The van der Waals surface area contributed by atoms with Crippen LogP contribution in [0.4, 0.5) is 9.52 Å². The third-order valence-electron chi connectivity index (χ3n) is 5.69. The monoisotopic (exact) mass is 446 g/mol. The predicted molar refractivity (Wildman–Crippen MR) is 121 cm³/mol. The second kappa shape index (κ2) is 11.9. The maximum Gasteiger partial charge on any atom is 0.253 e. The minimum Gasteiger partial charge on any atom is -0.339 e. The van der Waals surface area contributed by atoms with E-state index in [9.17, 15) is 14.0 Å². The summed E-state index contributed by atoms with van der Waals surface area (Å²) in [6.07, 6.45) is 9.52. The van der Waals surface area contributed by atoms with Gasteiger partial charge in [-0.25, -0.2) is 4.39 Å². The summed E-state index contributed by atoms with van der Waals surface area (Å²) < 4.78 is 13.1. The van der Waals surface area contributed by atoms with E-state index in [0.717, 1.165) is 17.8 Å². The number of hydrogen-bond donors (Lipinski definition) is 1. The Morgan fingerprint density at radius 3 is 2.45 bits per heavy atom. The van der Waals surface area contributed by atoms with Gasteiger partial charge in [0.2, 0.25) is 11.0 Å². The molecule has 1 saturated heterocycles. The third-order valence-corrected chi connectivity index (χ3v) is 6.58. The van der Waals surface area contributed by atoms with Gasteiger partial charge in [-0.3, -0.25) is 9.59 Å². The molecule has 8 heteroatoms. The van der Waals surface area contributed by atoms with Gasteiger partial charge in [-0.2, -0.15) is 0 Å². The van der Waals surface area contributed by atoms with Crippen molar-refractivity contribution in [3.8, 4) is 0 Å². The number of halogens is 1. The molecule has 2 amide bonds. The van der Waals surface area contributed by atoms with Crippen LogP contribution >= 0.6 is 11.3 Å². The number of anilines is 1. The summed E-state index contributed by atoms with van der Waals surface area (Å²) in [7, 11) is 0. The molecule has 0 spiro atoms. The highest BCUT2D eigenvalue weighted by Crippen LogP contribution is 2.23. The van der Waals surface area contributed by atoms with Crippen molar-refractivity contribution in [1.29, 1.82) is 0 Å². The minimum atomic E-state index is -0.362. The SMILES string of the molecule is CCCCCCCCc1nnc(NC(=O)C2CCN(C(=O)c3ccc(F)cc3)CC2)s1. The van der Waals surface area contributed by atoms with E-state index in [1.165, 1.54) is 67.7 Å². The summed E-state index contributed by atoms with van der Waals surface area (Å²) in [5, 5.41) is 12.7. The number of unbranched alkanes of at least 4 members (excludes halogenated alkanes) is 5. The van der Waals surface area contributed by atoms with Gasteiger partial charge in [0.1, 0.15) is 10.8 Å². The van der Waals surface area contributed by atoms with Gasteiger partial charge in [0.25, 0.3) is 5.91 Å². The summed E-state index contributed by atoms with van der Waals surface area (Å²) in [5.41, 5.74) is 0.469.